The topological polar surface area (TPSA) is 89.2 Å². The second kappa shape index (κ2) is 5.19. The molecule has 1 saturated heterocycles. The van der Waals surface area contributed by atoms with Crippen molar-refractivity contribution in [2.45, 2.75) is 19.4 Å². The van der Waals surface area contributed by atoms with Crippen molar-refractivity contribution in [3.63, 3.8) is 0 Å². The van der Waals surface area contributed by atoms with Crippen molar-refractivity contribution in [3.05, 3.63) is 18.0 Å². The fourth-order valence-electron chi connectivity index (χ4n) is 2.09. The summed E-state index contributed by atoms with van der Waals surface area (Å²) in [6.45, 7) is 2.91. The summed E-state index contributed by atoms with van der Waals surface area (Å²) in [5.41, 5.74) is 6.46. The lowest BCUT2D eigenvalue weighted by molar-refractivity contribution is 0.564. The van der Waals surface area contributed by atoms with E-state index < -0.39 is 9.84 Å². The van der Waals surface area contributed by atoms with Gasteiger partial charge in [0.25, 0.3) is 0 Å². The molecule has 2 heterocycles. The quantitative estimate of drug-likeness (QED) is 0.804. The first kappa shape index (κ1) is 13.2. The van der Waals surface area contributed by atoms with E-state index in [9.17, 15) is 8.42 Å². The largest absolute Gasteiger partial charge is 0.336 e. The third-order valence-corrected chi connectivity index (χ3v) is 4.85. The Kier molecular flexibility index (Phi) is 3.82. The van der Waals surface area contributed by atoms with Gasteiger partial charge in [0.2, 0.25) is 5.95 Å². The van der Waals surface area contributed by atoms with Gasteiger partial charge in [-0.1, -0.05) is 0 Å². The molecule has 18 heavy (non-hydrogen) atoms. The first-order valence-corrected chi connectivity index (χ1v) is 7.82. The van der Waals surface area contributed by atoms with Gasteiger partial charge in [0, 0.05) is 25.0 Å². The van der Waals surface area contributed by atoms with Crippen molar-refractivity contribution in [3.8, 4) is 0 Å². The first-order chi connectivity index (χ1) is 8.52. The van der Waals surface area contributed by atoms with E-state index in [4.69, 9.17) is 5.73 Å². The fraction of sp³-hybridized carbons (Fsp3) is 0.636. The van der Waals surface area contributed by atoms with Crippen LogP contribution in [0.5, 0.6) is 0 Å². The molecule has 1 aromatic heterocycles. The highest BCUT2D eigenvalue weighted by Crippen LogP contribution is 2.17. The molecule has 1 aliphatic rings. The third-order valence-electron chi connectivity index (χ3n) is 3.05. The molecule has 100 valence electrons. The number of rotatable bonds is 3. The normalized spacial score (nSPS) is 23.0. The SMILES string of the molecule is CC1CS(=O)(=O)CCN1c1ncc(CCN)cn1. The van der Waals surface area contributed by atoms with Crippen LogP contribution in [-0.4, -0.2) is 49.0 Å². The molecule has 0 bridgehead atoms. The van der Waals surface area contributed by atoms with E-state index in [1.807, 2.05) is 11.8 Å². The first-order valence-electron chi connectivity index (χ1n) is 6.00. The van der Waals surface area contributed by atoms with Crippen molar-refractivity contribution < 1.29 is 8.42 Å². The second-order valence-corrected chi connectivity index (χ2v) is 6.82. The predicted molar refractivity (Wildman–Crippen MR) is 70.3 cm³/mol. The average Bonchev–Trinajstić information content (AvgIpc) is 2.30. The van der Waals surface area contributed by atoms with Crippen LogP contribution in [0.2, 0.25) is 0 Å². The lowest BCUT2D eigenvalue weighted by Crippen LogP contribution is -2.47. The maximum atomic E-state index is 11.5. The van der Waals surface area contributed by atoms with Gasteiger partial charge < -0.3 is 10.6 Å². The summed E-state index contributed by atoms with van der Waals surface area (Å²) < 4.78 is 23.0. The summed E-state index contributed by atoms with van der Waals surface area (Å²) in [5, 5.41) is 0. The molecule has 7 heteroatoms. The van der Waals surface area contributed by atoms with Gasteiger partial charge in [-0.15, -0.1) is 0 Å². The van der Waals surface area contributed by atoms with Crippen LogP contribution in [-0.2, 0) is 16.3 Å². The fourth-order valence-corrected chi connectivity index (χ4v) is 3.64. The van der Waals surface area contributed by atoms with Gasteiger partial charge in [-0.2, -0.15) is 0 Å². The number of sulfone groups is 1. The summed E-state index contributed by atoms with van der Waals surface area (Å²) in [7, 11) is -2.90. The predicted octanol–water partition coefficient (Wildman–Crippen LogP) is -0.399. The van der Waals surface area contributed by atoms with E-state index in [0.29, 0.717) is 19.0 Å². The maximum absolute atomic E-state index is 11.5. The number of anilines is 1. The van der Waals surface area contributed by atoms with Gasteiger partial charge in [0.1, 0.15) is 0 Å². The molecule has 0 aromatic carbocycles. The number of nitrogens with zero attached hydrogens (tertiary/aromatic N) is 3. The highest BCUT2D eigenvalue weighted by molar-refractivity contribution is 7.91. The Hall–Kier alpha value is -1.21. The Bertz CT molecular complexity index is 500. The molecule has 0 amide bonds. The number of aromatic nitrogens is 2. The molecular formula is C11H18N4O2S. The molecule has 1 atom stereocenters. The highest BCUT2D eigenvalue weighted by atomic mass is 32.2. The van der Waals surface area contributed by atoms with Crippen LogP contribution in [0.4, 0.5) is 5.95 Å². The minimum absolute atomic E-state index is 0.0795. The summed E-state index contributed by atoms with van der Waals surface area (Å²) in [6, 6.07) is -0.0795. The van der Waals surface area contributed by atoms with Crippen LogP contribution in [0, 0.1) is 0 Å². The maximum Gasteiger partial charge on any atom is 0.225 e. The van der Waals surface area contributed by atoms with E-state index in [2.05, 4.69) is 9.97 Å². The van der Waals surface area contributed by atoms with Gasteiger partial charge in [-0.3, -0.25) is 0 Å². The van der Waals surface area contributed by atoms with Crippen LogP contribution in [0.3, 0.4) is 0 Å². The lowest BCUT2D eigenvalue weighted by Gasteiger charge is -2.33. The second-order valence-electron chi connectivity index (χ2n) is 4.59. The number of nitrogens with two attached hydrogens (primary N) is 1. The van der Waals surface area contributed by atoms with Crippen molar-refractivity contribution in [2.24, 2.45) is 5.73 Å². The molecule has 0 aliphatic carbocycles. The Morgan fingerprint density at radius 1 is 1.44 bits per heavy atom. The van der Waals surface area contributed by atoms with Crippen molar-refractivity contribution in [1.29, 1.82) is 0 Å². The van der Waals surface area contributed by atoms with Crippen LogP contribution >= 0.6 is 0 Å². The van der Waals surface area contributed by atoms with Gasteiger partial charge in [0.15, 0.2) is 9.84 Å². The lowest BCUT2D eigenvalue weighted by atomic mass is 10.2. The molecule has 0 spiro atoms. The zero-order valence-corrected chi connectivity index (χ0v) is 11.2. The minimum atomic E-state index is -2.90. The van der Waals surface area contributed by atoms with Crippen LogP contribution < -0.4 is 10.6 Å². The van der Waals surface area contributed by atoms with E-state index >= 15 is 0 Å². The van der Waals surface area contributed by atoms with E-state index in [-0.39, 0.29) is 17.5 Å². The molecule has 2 N–H and O–H groups in total. The van der Waals surface area contributed by atoms with Gasteiger partial charge in [0.05, 0.1) is 11.5 Å². The van der Waals surface area contributed by atoms with E-state index in [0.717, 1.165) is 12.0 Å². The molecule has 2 rings (SSSR count). The molecule has 0 radical (unpaired) electrons. The Morgan fingerprint density at radius 3 is 2.67 bits per heavy atom. The van der Waals surface area contributed by atoms with Crippen LogP contribution in [0.1, 0.15) is 12.5 Å². The molecule has 1 unspecified atom stereocenters. The van der Waals surface area contributed by atoms with E-state index in [1.54, 1.807) is 12.4 Å². The summed E-state index contributed by atoms with van der Waals surface area (Å²) in [6.07, 6.45) is 4.26. The van der Waals surface area contributed by atoms with Crippen LogP contribution in [0.25, 0.3) is 0 Å². The minimum Gasteiger partial charge on any atom is -0.336 e. The smallest absolute Gasteiger partial charge is 0.225 e. The van der Waals surface area contributed by atoms with Crippen molar-refractivity contribution >= 4 is 15.8 Å². The standard InChI is InChI=1S/C11H18N4O2S/c1-9-8-18(16,17)5-4-15(9)11-13-6-10(2-3-12)7-14-11/h6-7,9H,2-5,8,12H2,1H3. The molecule has 1 aliphatic heterocycles. The van der Waals surface area contributed by atoms with E-state index in [1.165, 1.54) is 0 Å². The molecule has 6 nitrogen and oxygen atoms in total. The zero-order chi connectivity index (χ0) is 13.2. The van der Waals surface area contributed by atoms with Gasteiger partial charge in [-0.25, -0.2) is 18.4 Å². The van der Waals surface area contributed by atoms with Gasteiger partial charge in [-0.05, 0) is 25.5 Å². The Balaban J connectivity index is 2.12. The molecule has 1 aromatic rings. The summed E-state index contributed by atoms with van der Waals surface area (Å²) in [5.74, 6) is 0.935. The Labute approximate surface area is 107 Å². The van der Waals surface area contributed by atoms with Crippen molar-refractivity contribution in [2.75, 3.05) is 29.5 Å². The summed E-state index contributed by atoms with van der Waals surface area (Å²) >= 11 is 0. The highest BCUT2D eigenvalue weighted by Gasteiger charge is 2.29. The monoisotopic (exact) mass is 270 g/mol. The molecule has 0 saturated carbocycles. The summed E-state index contributed by atoms with van der Waals surface area (Å²) in [4.78, 5) is 10.5. The zero-order valence-electron chi connectivity index (χ0n) is 10.4. The van der Waals surface area contributed by atoms with Crippen LogP contribution in [0.15, 0.2) is 12.4 Å². The van der Waals surface area contributed by atoms with Crippen molar-refractivity contribution in [1.82, 2.24) is 9.97 Å². The number of hydrogen-bond donors (Lipinski definition) is 1. The molecular weight excluding hydrogens is 252 g/mol. The molecule has 1 fully saturated rings. The van der Waals surface area contributed by atoms with Gasteiger partial charge >= 0.3 is 0 Å². The Morgan fingerprint density at radius 2 is 2.11 bits per heavy atom. The average molecular weight is 270 g/mol. The third kappa shape index (κ3) is 2.97. The number of hydrogen-bond acceptors (Lipinski definition) is 6.